The Morgan fingerprint density at radius 2 is 0.861 bits per heavy atom. The van der Waals surface area contributed by atoms with Crippen LogP contribution in [0.2, 0.25) is 0 Å². The van der Waals surface area contributed by atoms with Crippen molar-refractivity contribution < 1.29 is 4.48 Å². The molecular formula is C35H48N+. The standard InChI is InChI=1S/C35H48N/c1-2-3-4-5-6-7-8-9-10-11-12-22-29-36(30-33-23-16-13-17-24-33,31-34-25-18-14-19-26-34)32-35-27-20-15-21-28-35/h8-9,13-21,23-28H,2-7,10-12,22,29-32H2,1H3/q+1/b9-8+. The van der Waals surface area contributed by atoms with Gasteiger partial charge in [0.15, 0.2) is 0 Å². The molecule has 3 rings (SSSR count). The maximum atomic E-state index is 2.43. The van der Waals surface area contributed by atoms with E-state index in [9.17, 15) is 0 Å². The summed E-state index contributed by atoms with van der Waals surface area (Å²) in [7, 11) is 0. The number of hydrogen-bond donors (Lipinski definition) is 0. The lowest BCUT2D eigenvalue weighted by atomic mass is 10.0. The molecule has 0 aromatic heterocycles. The third kappa shape index (κ3) is 11.0. The van der Waals surface area contributed by atoms with Crippen molar-refractivity contribution in [3.05, 3.63) is 120 Å². The molecule has 0 bridgehead atoms. The molecule has 0 aliphatic rings. The molecule has 0 fully saturated rings. The molecule has 3 aromatic carbocycles. The average molecular weight is 483 g/mol. The number of unbranched alkanes of at least 4 members (excludes halogenated alkanes) is 8. The highest BCUT2D eigenvalue weighted by Gasteiger charge is 2.28. The Bertz CT molecular complexity index is 844. The summed E-state index contributed by atoms with van der Waals surface area (Å²) in [5, 5.41) is 0. The first-order valence-corrected chi connectivity index (χ1v) is 14.4. The van der Waals surface area contributed by atoms with Crippen LogP contribution in [0, 0.1) is 0 Å². The Morgan fingerprint density at radius 1 is 0.472 bits per heavy atom. The van der Waals surface area contributed by atoms with E-state index in [-0.39, 0.29) is 0 Å². The molecule has 0 saturated carbocycles. The molecule has 0 heterocycles. The van der Waals surface area contributed by atoms with Crippen molar-refractivity contribution in [2.75, 3.05) is 6.54 Å². The Morgan fingerprint density at radius 3 is 1.28 bits per heavy atom. The third-order valence-electron chi connectivity index (χ3n) is 7.23. The SMILES string of the molecule is CCCCCCC/C=C/CCCCC[N+](Cc1ccccc1)(Cc1ccccc1)Cc1ccccc1. The lowest BCUT2D eigenvalue weighted by Crippen LogP contribution is -2.46. The summed E-state index contributed by atoms with van der Waals surface area (Å²) in [6.45, 7) is 6.71. The fraction of sp³-hybridized carbons (Fsp3) is 0.429. The van der Waals surface area contributed by atoms with Crippen molar-refractivity contribution in [1.82, 2.24) is 0 Å². The zero-order valence-electron chi connectivity index (χ0n) is 22.7. The first-order chi connectivity index (χ1) is 17.8. The smallest absolute Gasteiger partial charge is 0.105 e. The number of allylic oxidation sites excluding steroid dienone is 2. The molecule has 0 unspecified atom stereocenters. The minimum Gasteiger partial charge on any atom is -0.312 e. The lowest BCUT2D eigenvalue weighted by molar-refractivity contribution is -0.966. The maximum absolute atomic E-state index is 2.43. The number of nitrogens with zero attached hydrogens (tertiary/aromatic N) is 1. The molecule has 0 amide bonds. The number of benzene rings is 3. The van der Waals surface area contributed by atoms with E-state index >= 15 is 0 Å². The normalized spacial score (nSPS) is 11.8. The fourth-order valence-corrected chi connectivity index (χ4v) is 5.30. The van der Waals surface area contributed by atoms with Crippen molar-refractivity contribution in [1.29, 1.82) is 0 Å². The monoisotopic (exact) mass is 482 g/mol. The molecule has 1 heteroatoms. The molecule has 0 spiro atoms. The van der Waals surface area contributed by atoms with Crippen LogP contribution in [0.25, 0.3) is 0 Å². The molecule has 0 aliphatic carbocycles. The van der Waals surface area contributed by atoms with E-state index in [1.54, 1.807) is 0 Å². The van der Waals surface area contributed by atoms with Crippen molar-refractivity contribution in [2.24, 2.45) is 0 Å². The van der Waals surface area contributed by atoms with E-state index in [4.69, 9.17) is 0 Å². The van der Waals surface area contributed by atoms with Gasteiger partial charge in [-0.15, -0.1) is 0 Å². The summed E-state index contributed by atoms with van der Waals surface area (Å²) >= 11 is 0. The highest BCUT2D eigenvalue weighted by Crippen LogP contribution is 2.25. The number of hydrogen-bond acceptors (Lipinski definition) is 0. The highest BCUT2D eigenvalue weighted by atomic mass is 15.3. The lowest BCUT2D eigenvalue weighted by Gasteiger charge is -2.39. The predicted molar refractivity (Wildman–Crippen MR) is 157 cm³/mol. The first kappa shape index (κ1) is 27.9. The second-order valence-electron chi connectivity index (χ2n) is 10.5. The average Bonchev–Trinajstić information content (AvgIpc) is 2.91. The minimum atomic E-state index is 1.07. The fourth-order valence-electron chi connectivity index (χ4n) is 5.30. The molecule has 0 saturated heterocycles. The summed E-state index contributed by atoms with van der Waals surface area (Å²) in [5.41, 5.74) is 4.31. The summed E-state index contributed by atoms with van der Waals surface area (Å²) in [4.78, 5) is 0. The molecule has 0 radical (unpaired) electrons. The van der Waals surface area contributed by atoms with Gasteiger partial charge in [0.1, 0.15) is 19.6 Å². The van der Waals surface area contributed by atoms with E-state index in [1.807, 2.05) is 0 Å². The minimum absolute atomic E-state index is 1.07. The van der Waals surface area contributed by atoms with Crippen LogP contribution in [0.5, 0.6) is 0 Å². The van der Waals surface area contributed by atoms with Crippen molar-refractivity contribution in [2.45, 2.75) is 90.8 Å². The van der Waals surface area contributed by atoms with E-state index in [0.717, 1.165) is 24.1 Å². The molecule has 36 heavy (non-hydrogen) atoms. The molecular weight excluding hydrogens is 434 g/mol. The van der Waals surface area contributed by atoms with E-state index in [0.29, 0.717) is 0 Å². The van der Waals surface area contributed by atoms with Gasteiger partial charge in [0.2, 0.25) is 0 Å². The van der Waals surface area contributed by atoms with Gasteiger partial charge in [0.25, 0.3) is 0 Å². The molecule has 0 atom stereocenters. The largest absolute Gasteiger partial charge is 0.312 e. The Labute approximate surface area is 221 Å². The van der Waals surface area contributed by atoms with Crippen LogP contribution in [0.4, 0.5) is 0 Å². The number of rotatable bonds is 18. The number of quaternary nitrogens is 1. The van der Waals surface area contributed by atoms with Crippen LogP contribution >= 0.6 is 0 Å². The van der Waals surface area contributed by atoms with Gasteiger partial charge in [-0.2, -0.15) is 0 Å². The molecule has 0 aliphatic heterocycles. The van der Waals surface area contributed by atoms with Gasteiger partial charge < -0.3 is 4.48 Å². The van der Waals surface area contributed by atoms with Gasteiger partial charge in [-0.1, -0.05) is 136 Å². The Kier molecular flexibility index (Phi) is 13.1. The van der Waals surface area contributed by atoms with Gasteiger partial charge in [-0.05, 0) is 38.5 Å². The topological polar surface area (TPSA) is 0 Å². The zero-order chi connectivity index (χ0) is 25.2. The van der Waals surface area contributed by atoms with Crippen molar-refractivity contribution in [3.8, 4) is 0 Å². The maximum Gasteiger partial charge on any atom is 0.105 e. The zero-order valence-corrected chi connectivity index (χ0v) is 22.7. The van der Waals surface area contributed by atoms with Crippen LogP contribution < -0.4 is 0 Å². The van der Waals surface area contributed by atoms with E-state index in [2.05, 4.69) is 110 Å². The van der Waals surface area contributed by atoms with Crippen LogP contribution in [-0.2, 0) is 19.6 Å². The van der Waals surface area contributed by atoms with Gasteiger partial charge in [0.05, 0.1) is 6.54 Å². The molecule has 192 valence electrons. The van der Waals surface area contributed by atoms with Gasteiger partial charge in [0, 0.05) is 16.7 Å². The quantitative estimate of drug-likeness (QED) is 0.0961. The van der Waals surface area contributed by atoms with Crippen LogP contribution in [0.15, 0.2) is 103 Å². The van der Waals surface area contributed by atoms with Crippen LogP contribution in [-0.4, -0.2) is 11.0 Å². The van der Waals surface area contributed by atoms with E-state index in [1.165, 1.54) is 87.4 Å². The third-order valence-corrected chi connectivity index (χ3v) is 7.23. The molecule has 0 N–H and O–H groups in total. The van der Waals surface area contributed by atoms with E-state index < -0.39 is 0 Å². The van der Waals surface area contributed by atoms with Crippen LogP contribution in [0.3, 0.4) is 0 Å². The second kappa shape index (κ2) is 16.9. The molecule has 3 aromatic rings. The van der Waals surface area contributed by atoms with Crippen LogP contribution in [0.1, 0.15) is 87.8 Å². The summed E-state index contributed by atoms with van der Waals surface area (Å²) < 4.78 is 1.08. The summed E-state index contributed by atoms with van der Waals surface area (Å²) in [5.74, 6) is 0. The van der Waals surface area contributed by atoms with Crippen molar-refractivity contribution in [3.63, 3.8) is 0 Å². The summed E-state index contributed by atoms with van der Waals surface area (Å²) in [6, 6.07) is 33.3. The summed E-state index contributed by atoms with van der Waals surface area (Å²) in [6.07, 6.45) is 18.1. The van der Waals surface area contributed by atoms with Gasteiger partial charge >= 0.3 is 0 Å². The molecule has 1 nitrogen and oxygen atoms in total. The first-order valence-electron chi connectivity index (χ1n) is 14.4. The van der Waals surface area contributed by atoms with Crippen molar-refractivity contribution >= 4 is 0 Å². The predicted octanol–water partition coefficient (Wildman–Crippen LogP) is 9.88. The van der Waals surface area contributed by atoms with Gasteiger partial charge in [-0.25, -0.2) is 0 Å². The Hall–Kier alpha value is -2.64. The van der Waals surface area contributed by atoms with Gasteiger partial charge in [-0.3, -0.25) is 0 Å². The second-order valence-corrected chi connectivity index (χ2v) is 10.5. The Balaban J connectivity index is 1.60. The highest BCUT2D eigenvalue weighted by molar-refractivity contribution is 5.17.